The monoisotopic (exact) mass is 200 g/mol. The third kappa shape index (κ3) is 3.54. The van der Waals surface area contributed by atoms with Crippen LogP contribution in [0.15, 0.2) is 24.3 Å². The lowest BCUT2D eigenvalue weighted by molar-refractivity contribution is -0.341. The minimum Gasteiger partial charge on any atom is -0.889 e. The summed E-state index contributed by atoms with van der Waals surface area (Å²) in [7, 11) is -2.05. The maximum Gasteiger partial charge on any atom is 0.335 e. The summed E-state index contributed by atoms with van der Waals surface area (Å²) >= 11 is 0. The van der Waals surface area contributed by atoms with Gasteiger partial charge in [0.05, 0.1) is 5.56 Å². The predicted octanol–water partition coefficient (Wildman–Crippen LogP) is -1.45. The van der Waals surface area contributed by atoms with Crippen LogP contribution in [0.4, 0.5) is 0 Å². The molecular weight excluding hydrogens is 187 g/mol. The van der Waals surface area contributed by atoms with Gasteiger partial charge < -0.3 is 27.5 Å². The van der Waals surface area contributed by atoms with Crippen molar-refractivity contribution in [3.8, 4) is 0 Å². The molecule has 7 heteroatoms. The molecule has 0 saturated heterocycles. The van der Waals surface area contributed by atoms with Crippen molar-refractivity contribution in [1.29, 1.82) is 0 Å². The highest BCUT2D eigenvalue weighted by molar-refractivity contribution is 6.55. The largest absolute Gasteiger partial charge is 0.889 e. The molecule has 1 aromatic carbocycles. The number of benzene rings is 1. The zero-order valence-corrected chi connectivity index (χ0v) is 8.06. The van der Waals surface area contributed by atoms with Gasteiger partial charge in [-0.1, -0.05) is 19.3 Å². The molecule has 1 rings (SSSR count). The lowest BCUT2D eigenvalue weighted by atomic mass is 9.80. The van der Waals surface area contributed by atoms with E-state index in [1.54, 1.807) is 0 Å². The zero-order valence-electron chi connectivity index (χ0n) is 8.06. The van der Waals surface area contributed by atoms with E-state index in [1.807, 2.05) is 0 Å². The summed E-state index contributed by atoms with van der Waals surface area (Å²) in [6, 6.07) is 4.93. The molecule has 6 nitrogen and oxygen atoms in total. The second-order valence-corrected chi connectivity index (χ2v) is 2.26. The first kappa shape index (κ1) is 15.1. The molecule has 78 valence electrons. The number of aromatic carboxylic acids is 1. The van der Waals surface area contributed by atoms with Crippen molar-refractivity contribution in [1.82, 2.24) is 12.3 Å². The SMILES string of the molecule is O=C(O)c1ccc(B([O-])[O-])cc1.[NH4+].[NH4+]. The van der Waals surface area contributed by atoms with Crippen LogP contribution in [0.3, 0.4) is 0 Å². The van der Waals surface area contributed by atoms with Crippen molar-refractivity contribution >= 4 is 18.6 Å². The lowest BCUT2D eigenvalue weighted by Crippen LogP contribution is -2.55. The van der Waals surface area contributed by atoms with E-state index in [2.05, 4.69) is 0 Å². The summed E-state index contributed by atoms with van der Waals surface area (Å²) in [5.74, 6) is -1.07. The van der Waals surface area contributed by atoms with Crippen LogP contribution < -0.4 is 27.8 Å². The molecule has 0 saturated carbocycles. The van der Waals surface area contributed by atoms with Gasteiger partial charge in [-0.15, -0.1) is 5.46 Å². The van der Waals surface area contributed by atoms with Crippen LogP contribution in [0.25, 0.3) is 0 Å². The third-order valence-electron chi connectivity index (χ3n) is 1.43. The Morgan fingerprint density at radius 1 is 1.14 bits per heavy atom. The van der Waals surface area contributed by atoms with Crippen LogP contribution in [-0.4, -0.2) is 18.2 Å². The van der Waals surface area contributed by atoms with Gasteiger partial charge in [-0.3, -0.25) is 0 Å². The normalized spacial score (nSPS) is 8.14. The summed E-state index contributed by atoms with van der Waals surface area (Å²) in [5, 5.41) is 29.1. The molecule has 0 fully saturated rings. The van der Waals surface area contributed by atoms with Crippen LogP contribution in [0.2, 0.25) is 0 Å². The minimum atomic E-state index is -2.05. The van der Waals surface area contributed by atoms with E-state index in [4.69, 9.17) is 5.11 Å². The van der Waals surface area contributed by atoms with Crippen molar-refractivity contribution in [3.63, 3.8) is 0 Å². The molecule has 0 bridgehead atoms. The molecule has 0 aliphatic carbocycles. The van der Waals surface area contributed by atoms with Crippen molar-refractivity contribution in [3.05, 3.63) is 29.8 Å². The molecule has 0 spiro atoms. The average Bonchev–Trinajstić information content (AvgIpc) is 2.04. The molecule has 0 aromatic heterocycles. The average molecular weight is 200 g/mol. The van der Waals surface area contributed by atoms with Gasteiger partial charge in [-0.05, 0) is 12.1 Å². The van der Waals surface area contributed by atoms with E-state index in [0.717, 1.165) is 0 Å². The summed E-state index contributed by atoms with van der Waals surface area (Å²) in [6.45, 7) is 0. The fourth-order valence-corrected chi connectivity index (χ4v) is 0.783. The zero-order chi connectivity index (χ0) is 9.14. The van der Waals surface area contributed by atoms with Gasteiger partial charge in [0, 0.05) is 0 Å². The number of carbonyl (C=O) groups is 1. The summed E-state index contributed by atoms with van der Waals surface area (Å²) in [5.41, 5.74) is 0.124. The Bertz CT molecular complexity index is 288. The number of carboxylic acid groups (broad SMARTS) is 1. The molecule has 0 radical (unpaired) electrons. The highest BCUT2D eigenvalue weighted by Crippen LogP contribution is 1.95. The van der Waals surface area contributed by atoms with Gasteiger partial charge in [-0.25, -0.2) is 4.79 Å². The summed E-state index contributed by atoms with van der Waals surface area (Å²) in [6.07, 6.45) is 0. The topological polar surface area (TPSA) is 156 Å². The number of hydrogen-bond acceptors (Lipinski definition) is 3. The third-order valence-corrected chi connectivity index (χ3v) is 1.43. The first-order chi connectivity index (χ1) is 5.61. The van der Waals surface area contributed by atoms with Crippen molar-refractivity contribution < 1.29 is 19.9 Å². The molecule has 0 atom stereocenters. The molecule has 14 heavy (non-hydrogen) atoms. The number of quaternary nitrogens is 2. The fraction of sp³-hybridized carbons (Fsp3) is 0. The van der Waals surface area contributed by atoms with Gasteiger partial charge in [0.1, 0.15) is 0 Å². The fourth-order valence-electron chi connectivity index (χ4n) is 0.783. The van der Waals surface area contributed by atoms with E-state index in [1.165, 1.54) is 24.3 Å². The predicted molar refractivity (Wildman–Crippen MR) is 50.8 cm³/mol. The van der Waals surface area contributed by atoms with Crippen molar-refractivity contribution in [2.45, 2.75) is 0 Å². The molecule has 0 amide bonds. The maximum atomic E-state index is 10.3. The maximum absolute atomic E-state index is 10.3. The van der Waals surface area contributed by atoms with Crippen LogP contribution in [-0.2, 0) is 0 Å². The Morgan fingerprint density at radius 2 is 1.57 bits per heavy atom. The van der Waals surface area contributed by atoms with Crippen LogP contribution in [0.1, 0.15) is 10.4 Å². The van der Waals surface area contributed by atoms with Crippen molar-refractivity contribution in [2.24, 2.45) is 0 Å². The first-order valence-corrected chi connectivity index (χ1v) is 3.26. The van der Waals surface area contributed by atoms with E-state index < -0.39 is 13.1 Å². The lowest BCUT2D eigenvalue weighted by Gasteiger charge is -2.26. The number of hydrogen-bond donors (Lipinski definition) is 3. The van der Waals surface area contributed by atoms with E-state index in [9.17, 15) is 14.8 Å². The molecule has 0 heterocycles. The molecule has 0 aliphatic rings. The highest BCUT2D eigenvalue weighted by Gasteiger charge is 1.99. The van der Waals surface area contributed by atoms with Crippen molar-refractivity contribution in [2.75, 3.05) is 0 Å². The molecule has 0 unspecified atom stereocenters. The Kier molecular flexibility index (Phi) is 6.58. The summed E-state index contributed by atoms with van der Waals surface area (Å²) < 4.78 is 0. The quantitative estimate of drug-likeness (QED) is 0.499. The smallest absolute Gasteiger partial charge is 0.335 e. The molecular formula is C7H13BN2O4. The van der Waals surface area contributed by atoms with Gasteiger partial charge in [-0.2, -0.15) is 0 Å². The molecule has 1 aromatic rings. The molecule has 0 aliphatic heterocycles. The van der Waals surface area contributed by atoms with Crippen LogP contribution >= 0.6 is 0 Å². The Labute approximate surface area is 81.5 Å². The van der Waals surface area contributed by atoms with Gasteiger partial charge in [0.25, 0.3) is 0 Å². The number of rotatable bonds is 2. The second-order valence-electron chi connectivity index (χ2n) is 2.26. The first-order valence-electron chi connectivity index (χ1n) is 3.26. The Hall–Kier alpha value is -1.41. The molecule has 9 N–H and O–H groups in total. The number of carboxylic acids is 1. The van der Waals surface area contributed by atoms with Gasteiger partial charge >= 0.3 is 5.97 Å². The van der Waals surface area contributed by atoms with E-state index in [-0.39, 0.29) is 23.3 Å². The van der Waals surface area contributed by atoms with Gasteiger partial charge in [0.15, 0.2) is 0 Å². The van der Waals surface area contributed by atoms with Gasteiger partial charge in [0.2, 0.25) is 0 Å². The second kappa shape index (κ2) is 6.11. The highest BCUT2D eigenvalue weighted by atomic mass is 16.4. The summed E-state index contributed by atoms with van der Waals surface area (Å²) in [4.78, 5) is 10.3. The Morgan fingerprint density at radius 3 is 1.86 bits per heavy atom. The standard InChI is InChI=1S/C7H5BO4.2H3N/c9-7(10)5-1-3-6(4-2-5)8(11)12;;/h1-4H,(H,9,10);2*1H3/q-2;;/p+2. The van der Waals surface area contributed by atoms with Crippen LogP contribution in [0.5, 0.6) is 0 Å². The van der Waals surface area contributed by atoms with Crippen LogP contribution in [0, 0.1) is 0 Å². The minimum absolute atomic E-state index is 0. The Balaban J connectivity index is 0. The van der Waals surface area contributed by atoms with E-state index >= 15 is 0 Å². The van der Waals surface area contributed by atoms with E-state index in [0.29, 0.717) is 0 Å².